The van der Waals surface area contributed by atoms with Crippen molar-refractivity contribution in [2.75, 3.05) is 0 Å². The van der Waals surface area contributed by atoms with Gasteiger partial charge in [0.1, 0.15) is 5.78 Å². The molecule has 4 aliphatic carbocycles. The molecule has 0 unspecified atom stereocenters. The van der Waals surface area contributed by atoms with Crippen LogP contribution in [0.5, 0.6) is 0 Å². The third-order valence-electron chi connectivity index (χ3n) is 7.52. The highest BCUT2D eigenvalue weighted by molar-refractivity contribution is 5.89. The minimum atomic E-state index is -0.208. The van der Waals surface area contributed by atoms with Gasteiger partial charge in [0.2, 0.25) is 5.91 Å². The van der Waals surface area contributed by atoms with E-state index in [0.29, 0.717) is 5.78 Å². The van der Waals surface area contributed by atoms with E-state index in [0.717, 1.165) is 44.9 Å². The number of ketones is 1. The van der Waals surface area contributed by atoms with E-state index < -0.39 is 0 Å². The number of Topliss-reactive ketones (excluding diaryl/α,β-unsaturated/α-hetero) is 1. The molecule has 1 N–H and O–H groups in total. The monoisotopic (exact) mass is 333 g/mol. The van der Waals surface area contributed by atoms with E-state index in [1.165, 1.54) is 0 Å². The average Bonchev–Trinajstić information content (AvgIpc) is 2.52. The Hall–Kier alpha value is -0.860. The van der Waals surface area contributed by atoms with Gasteiger partial charge >= 0.3 is 0 Å². The van der Waals surface area contributed by atoms with Crippen LogP contribution in [0.2, 0.25) is 0 Å². The molecule has 0 radical (unpaired) electrons. The van der Waals surface area contributed by atoms with Crippen molar-refractivity contribution in [1.82, 2.24) is 5.32 Å². The van der Waals surface area contributed by atoms with Gasteiger partial charge in [-0.25, -0.2) is 0 Å². The van der Waals surface area contributed by atoms with Crippen molar-refractivity contribution in [1.29, 1.82) is 0 Å². The number of hydrogen-bond donors (Lipinski definition) is 1. The third kappa shape index (κ3) is 2.54. The van der Waals surface area contributed by atoms with E-state index in [1.54, 1.807) is 0 Å². The Kier molecular flexibility index (Phi) is 3.98. The van der Waals surface area contributed by atoms with Crippen molar-refractivity contribution in [3.63, 3.8) is 0 Å². The van der Waals surface area contributed by atoms with Gasteiger partial charge in [0, 0.05) is 22.8 Å². The SMILES string of the molecule is CC(C)C(=O)C12CCC(C(=O)NC3C(C)(C)CC3(C)C)(CC1)CC2. The Morgan fingerprint density at radius 3 is 1.62 bits per heavy atom. The van der Waals surface area contributed by atoms with Gasteiger partial charge in [0.05, 0.1) is 0 Å². The quantitative estimate of drug-likeness (QED) is 0.823. The van der Waals surface area contributed by atoms with Crippen LogP contribution in [0, 0.1) is 27.6 Å². The average molecular weight is 334 g/mol. The van der Waals surface area contributed by atoms with E-state index in [9.17, 15) is 9.59 Å². The smallest absolute Gasteiger partial charge is 0.226 e. The summed E-state index contributed by atoms with van der Waals surface area (Å²) in [6.07, 6.45) is 6.57. The zero-order chi connectivity index (χ0) is 18.0. The van der Waals surface area contributed by atoms with Crippen molar-refractivity contribution in [3.05, 3.63) is 0 Å². The summed E-state index contributed by atoms with van der Waals surface area (Å²) in [5.41, 5.74) is 0.0545. The first-order valence-electron chi connectivity index (χ1n) is 9.80. The molecule has 0 heterocycles. The first-order chi connectivity index (χ1) is 10.9. The lowest BCUT2D eigenvalue weighted by atomic mass is 9.50. The number of nitrogens with one attached hydrogen (secondary N) is 1. The number of hydrogen-bond acceptors (Lipinski definition) is 2. The lowest BCUT2D eigenvalue weighted by Gasteiger charge is -2.59. The van der Waals surface area contributed by atoms with Gasteiger partial charge in [-0.05, 0) is 55.8 Å². The fourth-order valence-corrected chi connectivity index (χ4v) is 6.49. The van der Waals surface area contributed by atoms with E-state index in [-0.39, 0.29) is 39.5 Å². The molecule has 3 heteroatoms. The molecule has 0 atom stereocenters. The lowest BCUT2D eigenvalue weighted by Crippen LogP contribution is -2.66. The Balaban J connectivity index is 1.70. The molecule has 0 aromatic heterocycles. The Labute approximate surface area is 147 Å². The molecule has 0 aromatic rings. The number of rotatable bonds is 4. The molecule has 2 bridgehead atoms. The van der Waals surface area contributed by atoms with Crippen LogP contribution in [-0.2, 0) is 9.59 Å². The Bertz CT molecular complexity index is 520. The summed E-state index contributed by atoms with van der Waals surface area (Å²) < 4.78 is 0. The molecule has 4 aliphatic rings. The fourth-order valence-electron chi connectivity index (χ4n) is 6.49. The van der Waals surface area contributed by atoms with E-state index in [1.807, 2.05) is 13.8 Å². The first kappa shape index (κ1) is 17.9. The maximum atomic E-state index is 13.2. The van der Waals surface area contributed by atoms with E-state index >= 15 is 0 Å². The van der Waals surface area contributed by atoms with Crippen molar-refractivity contribution < 1.29 is 9.59 Å². The zero-order valence-electron chi connectivity index (χ0n) is 16.4. The van der Waals surface area contributed by atoms with Gasteiger partial charge in [0.25, 0.3) is 0 Å². The summed E-state index contributed by atoms with van der Waals surface area (Å²) in [5.74, 6) is 0.803. The van der Waals surface area contributed by atoms with Crippen LogP contribution >= 0.6 is 0 Å². The van der Waals surface area contributed by atoms with Crippen molar-refractivity contribution in [3.8, 4) is 0 Å². The van der Waals surface area contributed by atoms with E-state index in [4.69, 9.17) is 0 Å². The standard InChI is InChI=1S/C21H35NO2/c1-14(2)15(23)20-7-10-21(11-8-20,12-9-20)17(24)22-16-18(3,4)13-19(16,5)6/h14,16H,7-13H2,1-6H3,(H,22,24). The third-order valence-corrected chi connectivity index (χ3v) is 7.52. The second-order valence-electron chi connectivity index (χ2n) is 10.6. The van der Waals surface area contributed by atoms with Crippen LogP contribution in [0.25, 0.3) is 0 Å². The van der Waals surface area contributed by atoms with Gasteiger partial charge in [0.15, 0.2) is 0 Å². The Morgan fingerprint density at radius 1 is 0.833 bits per heavy atom. The normalized spacial score (nSPS) is 37.1. The minimum absolute atomic E-state index is 0.112. The van der Waals surface area contributed by atoms with Crippen molar-refractivity contribution in [2.24, 2.45) is 27.6 Å². The van der Waals surface area contributed by atoms with Crippen LogP contribution in [0.3, 0.4) is 0 Å². The zero-order valence-corrected chi connectivity index (χ0v) is 16.4. The second-order valence-corrected chi connectivity index (χ2v) is 10.6. The molecule has 136 valence electrons. The van der Waals surface area contributed by atoms with Gasteiger partial charge in [-0.3, -0.25) is 9.59 Å². The molecule has 4 rings (SSSR count). The first-order valence-corrected chi connectivity index (χ1v) is 9.80. The van der Waals surface area contributed by atoms with Crippen LogP contribution < -0.4 is 5.32 Å². The van der Waals surface area contributed by atoms with Crippen LogP contribution in [0.15, 0.2) is 0 Å². The molecule has 0 aromatic carbocycles. The maximum absolute atomic E-state index is 13.2. The molecule has 4 saturated carbocycles. The number of carbonyl (C=O) groups excluding carboxylic acids is 2. The molecule has 0 spiro atoms. The Morgan fingerprint density at radius 2 is 1.25 bits per heavy atom. The van der Waals surface area contributed by atoms with E-state index in [2.05, 4.69) is 33.0 Å². The predicted molar refractivity (Wildman–Crippen MR) is 96.5 cm³/mol. The topological polar surface area (TPSA) is 46.2 Å². The van der Waals surface area contributed by atoms with Crippen LogP contribution in [0.1, 0.15) is 86.5 Å². The summed E-state index contributed by atoms with van der Waals surface area (Å²) in [6.45, 7) is 13.1. The molecular formula is C21H35NO2. The minimum Gasteiger partial charge on any atom is -0.352 e. The van der Waals surface area contributed by atoms with Gasteiger partial charge in [-0.15, -0.1) is 0 Å². The van der Waals surface area contributed by atoms with Crippen LogP contribution in [0.4, 0.5) is 0 Å². The summed E-state index contributed by atoms with van der Waals surface area (Å²) in [7, 11) is 0. The molecule has 0 aliphatic heterocycles. The maximum Gasteiger partial charge on any atom is 0.226 e. The molecule has 1 amide bonds. The largest absolute Gasteiger partial charge is 0.352 e. The summed E-state index contributed by atoms with van der Waals surface area (Å²) >= 11 is 0. The molecule has 3 nitrogen and oxygen atoms in total. The molecule has 4 fully saturated rings. The van der Waals surface area contributed by atoms with Crippen LogP contribution in [-0.4, -0.2) is 17.7 Å². The summed E-state index contributed by atoms with van der Waals surface area (Å²) in [6, 6.07) is 0.262. The molecular weight excluding hydrogens is 298 g/mol. The van der Waals surface area contributed by atoms with Gasteiger partial charge < -0.3 is 5.32 Å². The highest BCUT2D eigenvalue weighted by Crippen LogP contribution is 2.59. The van der Waals surface area contributed by atoms with Gasteiger partial charge in [-0.1, -0.05) is 41.5 Å². The molecule has 24 heavy (non-hydrogen) atoms. The highest BCUT2D eigenvalue weighted by Gasteiger charge is 2.58. The number of carbonyl (C=O) groups is 2. The fraction of sp³-hybridized carbons (Fsp3) is 0.905. The summed E-state index contributed by atoms with van der Waals surface area (Å²) in [4.78, 5) is 25.8. The van der Waals surface area contributed by atoms with Crippen molar-refractivity contribution >= 4 is 11.7 Å². The summed E-state index contributed by atoms with van der Waals surface area (Å²) in [5, 5.41) is 3.42. The predicted octanol–water partition coefficient (Wildman–Crippen LogP) is 4.49. The molecule has 0 saturated heterocycles. The number of fused-ring (bicyclic) bond motifs is 3. The van der Waals surface area contributed by atoms with Gasteiger partial charge in [-0.2, -0.15) is 0 Å². The lowest BCUT2D eigenvalue weighted by molar-refractivity contribution is -0.155. The highest BCUT2D eigenvalue weighted by atomic mass is 16.2. The second kappa shape index (κ2) is 5.32. The number of amides is 1. The van der Waals surface area contributed by atoms with Crippen molar-refractivity contribution in [2.45, 2.75) is 92.5 Å².